The minimum atomic E-state index is -1.21. The summed E-state index contributed by atoms with van der Waals surface area (Å²) >= 11 is 0. The molecule has 0 N–H and O–H groups in total. The van der Waals surface area contributed by atoms with Gasteiger partial charge >= 0.3 is 0 Å². The van der Waals surface area contributed by atoms with Crippen LogP contribution in [0.25, 0.3) is 0 Å². The molecule has 122 valence electrons. The lowest BCUT2D eigenvalue weighted by molar-refractivity contribution is 0.105. The lowest BCUT2D eigenvalue weighted by atomic mass is 9.94. The Kier molecular flexibility index (Phi) is 8.67. The predicted octanol–water partition coefficient (Wildman–Crippen LogP) is 5.80. The molecule has 0 aromatic heterocycles. The highest BCUT2D eigenvalue weighted by atomic mass is 28.3. The van der Waals surface area contributed by atoms with Crippen molar-refractivity contribution in [3.8, 4) is 11.8 Å². The average Bonchev–Trinajstić information content (AvgIpc) is 2.82. The first-order valence-electron chi connectivity index (χ1n) is 9.12. The van der Waals surface area contributed by atoms with E-state index in [1.807, 2.05) is 0 Å². The van der Waals surface area contributed by atoms with Crippen LogP contribution in [0.4, 0.5) is 0 Å². The standard InChI is InChI=1S/C19H36OSi/c1-6-8-10-11-13-15-18-17(14-12-9-7-2)16-19(20-18)21(3,4)5/h17-19H,6-12,14,16H2,1-5H3/t17-,18+,19-/m0/s1. The first kappa shape index (κ1) is 18.8. The highest BCUT2D eigenvalue weighted by Crippen LogP contribution is 2.34. The van der Waals surface area contributed by atoms with E-state index >= 15 is 0 Å². The van der Waals surface area contributed by atoms with Gasteiger partial charge in [0, 0.05) is 6.42 Å². The topological polar surface area (TPSA) is 9.23 Å². The quantitative estimate of drug-likeness (QED) is 0.313. The minimum absolute atomic E-state index is 0.222. The fraction of sp³-hybridized carbons (Fsp3) is 0.895. The fourth-order valence-corrected chi connectivity index (χ4v) is 4.58. The normalized spacial score (nSPS) is 25.7. The molecule has 1 aliphatic rings. The van der Waals surface area contributed by atoms with Crippen LogP contribution in [0.5, 0.6) is 0 Å². The lowest BCUT2D eigenvalue weighted by Gasteiger charge is -2.23. The summed E-state index contributed by atoms with van der Waals surface area (Å²) < 4.78 is 6.36. The van der Waals surface area contributed by atoms with Crippen molar-refractivity contribution in [2.24, 2.45) is 5.92 Å². The van der Waals surface area contributed by atoms with Gasteiger partial charge in [0.2, 0.25) is 0 Å². The molecule has 0 aliphatic carbocycles. The molecule has 0 bridgehead atoms. The Hall–Kier alpha value is -0.263. The zero-order valence-corrected chi connectivity index (χ0v) is 16.0. The van der Waals surface area contributed by atoms with Gasteiger partial charge in [-0.3, -0.25) is 0 Å². The largest absolute Gasteiger partial charge is 0.365 e. The van der Waals surface area contributed by atoms with Crippen molar-refractivity contribution >= 4 is 8.07 Å². The van der Waals surface area contributed by atoms with E-state index in [0.717, 1.165) is 6.42 Å². The second-order valence-corrected chi connectivity index (χ2v) is 13.1. The van der Waals surface area contributed by atoms with Crippen molar-refractivity contribution in [2.45, 2.75) is 103 Å². The molecular weight excluding hydrogens is 272 g/mol. The third kappa shape index (κ3) is 7.02. The van der Waals surface area contributed by atoms with Gasteiger partial charge in [0.25, 0.3) is 0 Å². The van der Waals surface area contributed by atoms with Gasteiger partial charge in [-0.25, -0.2) is 0 Å². The van der Waals surface area contributed by atoms with E-state index in [0.29, 0.717) is 11.6 Å². The van der Waals surface area contributed by atoms with Gasteiger partial charge in [0.15, 0.2) is 0 Å². The van der Waals surface area contributed by atoms with Gasteiger partial charge in [0.05, 0.1) is 13.8 Å². The molecule has 1 aliphatic heterocycles. The van der Waals surface area contributed by atoms with E-state index in [2.05, 4.69) is 45.3 Å². The first-order chi connectivity index (χ1) is 9.99. The van der Waals surface area contributed by atoms with Gasteiger partial charge in [-0.1, -0.05) is 71.5 Å². The van der Waals surface area contributed by atoms with Crippen LogP contribution in [0.2, 0.25) is 19.6 Å². The zero-order valence-electron chi connectivity index (χ0n) is 15.0. The summed E-state index contributed by atoms with van der Waals surface area (Å²) in [7, 11) is -1.21. The van der Waals surface area contributed by atoms with Crippen LogP contribution in [0.3, 0.4) is 0 Å². The Morgan fingerprint density at radius 3 is 2.29 bits per heavy atom. The van der Waals surface area contributed by atoms with Crippen molar-refractivity contribution in [3.05, 3.63) is 0 Å². The molecule has 0 radical (unpaired) electrons. The van der Waals surface area contributed by atoms with Gasteiger partial charge in [-0.2, -0.15) is 0 Å². The molecule has 3 atom stereocenters. The number of hydrogen-bond acceptors (Lipinski definition) is 1. The smallest absolute Gasteiger partial charge is 0.121 e. The Labute approximate surface area is 134 Å². The molecule has 1 fully saturated rings. The minimum Gasteiger partial charge on any atom is -0.365 e. The Morgan fingerprint density at radius 2 is 1.67 bits per heavy atom. The second kappa shape index (κ2) is 9.69. The molecule has 21 heavy (non-hydrogen) atoms. The van der Waals surface area contributed by atoms with E-state index in [1.54, 1.807) is 0 Å². The van der Waals surface area contributed by atoms with Crippen LogP contribution in [0.1, 0.15) is 71.6 Å². The van der Waals surface area contributed by atoms with Gasteiger partial charge in [0.1, 0.15) is 6.10 Å². The van der Waals surface area contributed by atoms with E-state index < -0.39 is 8.07 Å². The number of hydrogen-bond donors (Lipinski definition) is 0. The highest BCUT2D eigenvalue weighted by Gasteiger charge is 2.40. The van der Waals surface area contributed by atoms with Gasteiger partial charge in [-0.05, 0) is 25.2 Å². The average molecular weight is 309 g/mol. The molecule has 1 rings (SSSR count). The van der Waals surface area contributed by atoms with Crippen LogP contribution >= 0.6 is 0 Å². The van der Waals surface area contributed by atoms with Crippen LogP contribution in [0, 0.1) is 17.8 Å². The fourth-order valence-electron chi connectivity index (χ4n) is 3.01. The molecule has 0 aromatic carbocycles. The molecule has 1 nitrogen and oxygen atoms in total. The van der Waals surface area contributed by atoms with E-state index in [1.165, 1.54) is 51.4 Å². The molecule has 0 aromatic rings. The maximum Gasteiger partial charge on any atom is 0.121 e. The van der Waals surface area contributed by atoms with Crippen molar-refractivity contribution in [2.75, 3.05) is 0 Å². The summed E-state index contributed by atoms with van der Waals surface area (Å²) in [6, 6.07) is 0. The van der Waals surface area contributed by atoms with Crippen LogP contribution in [-0.4, -0.2) is 19.9 Å². The number of unbranched alkanes of at least 4 members (excludes halogenated alkanes) is 5. The summed E-state index contributed by atoms with van der Waals surface area (Å²) in [6.07, 6.45) is 11.7. The van der Waals surface area contributed by atoms with Crippen LogP contribution in [-0.2, 0) is 4.74 Å². The molecule has 1 heterocycles. The first-order valence-corrected chi connectivity index (χ1v) is 12.7. The monoisotopic (exact) mass is 308 g/mol. The van der Waals surface area contributed by atoms with E-state index in [4.69, 9.17) is 4.74 Å². The highest BCUT2D eigenvalue weighted by molar-refractivity contribution is 6.77. The number of rotatable bonds is 8. The Bertz CT molecular complexity index is 334. The van der Waals surface area contributed by atoms with Gasteiger partial charge < -0.3 is 4.74 Å². The summed E-state index contributed by atoms with van der Waals surface area (Å²) in [5, 5.41) is 0. The predicted molar refractivity (Wildman–Crippen MR) is 96.2 cm³/mol. The third-order valence-electron chi connectivity index (χ3n) is 4.55. The Balaban J connectivity index is 2.54. The number of ether oxygens (including phenoxy) is 1. The molecule has 1 saturated heterocycles. The van der Waals surface area contributed by atoms with E-state index in [-0.39, 0.29) is 6.10 Å². The zero-order chi connectivity index (χ0) is 15.7. The van der Waals surface area contributed by atoms with Gasteiger partial charge in [-0.15, -0.1) is 5.92 Å². The van der Waals surface area contributed by atoms with Crippen molar-refractivity contribution in [1.29, 1.82) is 0 Å². The SMILES string of the molecule is CCCCCC#C[C@H]1O[C@@H]([Si](C)(C)C)C[C@@H]1CCCCC. The van der Waals surface area contributed by atoms with Crippen molar-refractivity contribution in [1.82, 2.24) is 0 Å². The Morgan fingerprint density at radius 1 is 1.00 bits per heavy atom. The molecule has 0 unspecified atom stereocenters. The molecule has 0 spiro atoms. The van der Waals surface area contributed by atoms with Crippen LogP contribution < -0.4 is 0 Å². The maximum absolute atomic E-state index is 6.36. The van der Waals surface area contributed by atoms with E-state index in [9.17, 15) is 0 Å². The summed E-state index contributed by atoms with van der Waals surface area (Å²) in [4.78, 5) is 0. The summed E-state index contributed by atoms with van der Waals surface area (Å²) in [5.74, 6) is 7.55. The van der Waals surface area contributed by atoms with Crippen molar-refractivity contribution < 1.29 is 4.74 Å². The molecule has 2 heteroatoms. The third-order valence-corrected chi connectivity index (χ3v) is 6.85. The van der Waals surface area contributed by atoms with Crippen molar-refractivity contribution in [3.63, 3.8) is 0 Å². The lowest BCUT2D eigenvalue weighted by Crippen LogP contribution is -2.38. The molecule has 0 saturated carbocycles. The molecular formula is C19H36OSi. The molecule has 0 amide bonds. The summed E-state index contributed by atoms with van der Waals surface area (Å²) in [6.45, 7) is 11.8. The second-order valence-electron chi connectivity index (χ2n) is 7.68. The van der Waals surface area contributed by atoms with Crippen LogP contribution in [0.15, 0.2) is 0 Å². The summed E-state index contributed by atoms with van der Waals surface area (Å²) in [5.41, 5.74) is 0.513. The maximum atomic E-state index is 6.36.